The highest BCUT2D eigenvalue weighted by molar-refractivity contribution is 5.54. The van der Waals surface area contributed by atoms with Gasteiger partial charge < -0.3 is 19.9 Å². The summed E-state index contributed by atoms with van der Waals surface area (Å²) in [6.07, 6.45) is 1.72. The van der Waals surface area contributed by atoms with Crippen molar-refractivity contribution < 1.29 is 14.2 Å². The van der Waals surface area contributed by atoms with Gasteiger partial charge in [-0.1, -0.05) is 6.92 Å². The van der Waals surface area contributed by atoms with Crippen molar-refractivity contribution in [3.63, 3.8) is 0 Å². The second kappa shape index (κ2) is 7.11. The van der Waals surface area contributed by atoms with Gasteiger partial charge in [0.25, 0.3) is 0 Å². The van der Waals surface area contributed by atoms with Gasteiger partial charge >= 0.3 is 0 Å². The fourth-order valence-electron chi connectivity index (χ4n) is 1.77. The van der Waals surface area contributed by atoms with Crippen molar-refractivity contribution in [2.24, 2.45) is 5.73 Å². The third-order valence-electron chi connectivity index (χ3n) is 2.53. The molecule has 4 heteroatoms. The number of rotatable bonds is 7. The van der Waals surface area contributed by atoms with Gasteiger partial charge in [-0.15, -0.1) is 0 Å². The molecule has 0 spiro atoms. The molecule has 1 unspecified atom stereocenters. The zero-order valence-electron chi connectivity index (χ0n) is 11.7. The van der Waals surface area contributed by atoms with E-state index in [9.17, 15) is 0 Å². The topological polar surface area (TPSA) is 53.7 Å². The van der Waals surface area contributed by atoms with E-state index in [0.717, 1.165) is 18.4 Å². The van der Waals surface area contributed by atoms with Crippen LogP contribution in [-0.2, 0) is 6.42 Å². The quantitative estimate of drug-likeness (QED) is 0.810. The number of ether oxygens (including phenoxy) is 3. The number of hydrogen-bond acceptors (Lipinski definition) is 4. The van der Waals surface area contributed by atoms with E-state index in [0.29, 0.717) is 23.9 Å². The second-order valence-corrected chi connectivity index (χ2v) is 4.36. The van der Waals surface area contributed by atoms with Crippen LogP contribution in [0.2, 0.25) is 0 Å². The van der Waals surface area contributed by atoms with E-state index in [4.69, 9.17) is 19.9 Å². The van der Waals surface area contributed by atoms with Gasteiger partial charge in [-0.05, 0) is 37.5 Å². The first kappa shape index (κ1) is 14.6. The van der Waals surface area contributed by atoms with Crippen LogP contribution >= 0.6 is 0 Å². The normalized spacial score (nSPS) is 12.1. The minimum Gasteiger partial charge on any atom is -0.493 e. The minimum atomic E-state index is 0.0989. The molecule has 1 rings (SSSR count). The summed E-state index contributed by atoms with van der Waals surface area (Å²) in [6.45, 7) is 4.67. The van der Waals surface area contributed by atoms with Crippen molar-refractivity contribution in [2.45, 2.75) is 32.7 Å². The van der Waals surface area contributed by atoms with Gasteiger partial charge in [-0.25, -0.2) is 0 Å². The lowest BCUT2D eigenvalue weighted by Gasteiger charge is -2.16. The molecule has 2 N–H and O–H groups in total. The Labute approximate surface area is 109 Å². The Balaban J connectivity index is 3.08. The molecule has 0 bridgehead atoms. The lowest BCUT2D eigenvalue weighted by molar-refractivity contribution is 0.274. The molecule has 0 heterocycles. The Hall–Kier alpha value is -1.42. The van der Waals surface area contributed by atoms with Gasteiger partial charge in [0.1, 0.15) is 0 Å². The van der Waals surface area contributed by atoms with E-state index >= 15 is 0 Å². The van der Waals surface area contributed by atoms with Gasteiger partial charge in [-0.2, -0.15) is 0 Å². The van der Waals surface area contributed by atoms with Crippen molar-refractivity contribution in [1.29, 1.82) is 0 Å². The zero-order valence-corrected chi connectivity index (χ0v) is 11.7. The lowest BCUT2D eigenvalue weighted by atomic mass is 10.1. The van der Waals surface area contributed by atoms with Gasteiger partial charge in [-0.3, -0.25) is 0 Å². The summed E-state index contributed by atoms with van der Waals surface area (Å²) < 4.78 is 16.4. The molecule has 0 saturated carbocycles. The number of nitrogens with two attached hydrogens (primary N) is 1. The van der Waals surface area contributed by atoms with Crippen LogP contribution in [0.25, 0.3) is 0 Å². The minimum absolute atomic E-state index is 0.0989. The molecule has 102 valence electrons. The average Bonchev–Trinajstić information content (AvgIpc) is 2.35. The van der Waals surface area contributed by atoms with Crippen molar-refractivity contribution in [2.75, 3.05) is 20.8 Å². The third-order valence-corrected chi connectivity index (χ3v) is 2.53. The van der Waals surface area contributed by atoms with E-state index in [1.807, 2.05) is 19.1 Å². The highest BCUT2D eigenvalue weighted by Gasteiger charge is 2.14. The van der Waals surface area contributed by atoms with Crippen molar-refractivity contribution in [1.82, 2.24) is 0 Å². The highest BCUT2D eigenvalue weighted by atomic mass is 16.5. The van der Waals surface area contributed by atoms with Crippen LogP contribution < -0.4 is 19.9 Å². The first-order chi connectivity index (χ1) is 8.62. The van der Waals surface area contributed by atoms with E-state index in [-0.39, 0.29) is 6.04 Å². The second-order valence-electron chi connectivity index (χ2n) is 4.36. The molecule has 0 aromatic heterocycles. The predicted octanol–water partition coefficient (Wildman–Crippen LogP) is 2.38. The van der Waals surface area contributed by atoms with Gasteiger partial charge in [0.2, 0.25) is 5.75 Å². The number of methoxy groups -OCH3 is 2. The lowest BCUT2D eigenvalue weighted by Crippen LogP contribution is -2.17. The standard InChI is InChI=1S/C14H23NO3/c1-5-6-18-14-12(16-3)8-11(7-10(2)15)9-13(14)17-4/h8-10H,5-7,15H2,1-4H3. The predicted molar refractivity (Wildman–Crippen MR) is 72.7 cm³/mol. The number of hydrogen-bond donors (Lipinski definition) is 1. The summed E-state index contributed by atoms with van der Waals surface area (Å²) in [5.74, 6) is 2.05. The largest absolute Gasteiger partial charge is 0.493 e. The van der Waals surface area contributed by atoms with Crippen LogP contribution in [0.1, 0.15) is 25.8 Å². The maximum Gasteiger partial charge on any atom is 0.203 e. The Morgan fingerprint density at radius 3 is 2.11 bits per heavy atom. The Morgan fingerprint density at radius 2 is 1.72 bits per heavy atom. The van der Waals surface area contributed by atoms with Crippen LogP contribution in [0.15, 0.2) is 12.1 Å². The smallest absolute Gasteiger partial charge is 0.203 e. The highest BCUT2D eigenvalue weighted by Crippen LogP contribution is 2.38. The van der Waals surface area contributed by atoms with E-state index in [1.54, 1.807) is 14.2 Å². The molecule has 1 aromatic carbocycles. The molecule has 0 radical (unpaired) electrons. The molecule has 0 aliphatic heterocycles. The van der Waals surface area contributed by atoms with Crippen LogP contribution in [0, 0.1) is 0 Å². The molecule has 18 heavy (non-hydrogen) atoms. The third kappa shape index (κ3) is 3.81. The molecule has 1 atom stereocenters. The Morgan fingerprint density at radius 1 is 1.17 bits per heavy atom. The van der Waals surface area contributed by atoms with Crippen molar-refractivity contribution >= 4 is 0 Å². The fourth-order valence-corrected chi connectivity index (χ4v) is 1.77. The van der Waals surface area contributed by atoms with Crippen molar-refractivity contribution in [3.05, 3.63) is 17.7 Å². The Kier molecular flexibility index (Phi) is 5.78. The molecule has 4 nitrogen and oxygen atoms in total. The van der Waals surface area contributed by atoms with Gasteiger partial charge in [0.05, 0.1) is 20.8 Å². The molecule has 0 aliphatic rings. The fraction of sp³-hybridized carbons (Fsp3) is 0.571. The average molecular weight is 253 g/mol. The molecular weight excluding hydrogens is 230 g/mol. The molecule has 0 saturated heterocycles. The van der Waals surface area contributed by atoms with Crippen LogP contribution in [-0.4, -0.2) is 26.9 Å². The van der Waals surface area contributed by atoms with Crippen LogP contribution in [0.3, 0.4) is 0 Å². The molecule has 0 fully saturated rings. The maximum atomic E-state index is 5.81. The van der Waals surface area contributed by atoms with E-state index in [2.05, 4.69) is 6.92 Å². The van der Waals surface area contributed by atoms with Crippen molar-refractivity contribution in [3.8, 4) is 17.2 Å². The van der Waals surface area contributed by atoms with Crippen LogP contribution in [0.5, 0.6) is 17.2 Å². The van der Waals surface area contributed by atoms with E-state index < -0.39 is 0 Å². The molecule has 1 aromatic rings. The molecule has 0 amide bonds. The Bertz CT molecular complexity index is 352. The first-order valence-electron chi connectivity index (χ1n) is 6.25. The molecule has 0 aliphatic carbocycles. The zero-order chi connectivity index (χ0) is 13.5. The summed E-state index contributed by atoms with van der Waals surface area (Å²) in [5, 5.41) is 0. The van der Waals surface area contributed by atoms with Crippen LogP contribution in [0.4, 0.5) is 0 Å². The number of benzene rings is 1. The monoisotopic (exact) mass is 253 g/mol. The summed E-state index contributed by atoms with van der Waals surface area (Å²) in [4.78, 5) is 0. The van der Waals surface area contributed by atoms with E-state index in [1.165, 1.54) is 0 Å². The summed E-state index contributed by atoms with van der Waals surface area (Å²) in [6, 6.07) is 4.01. The summed E-state index contributed by atoms with van der Waals surface area (Å²) >= 11 is 0. The van der Waals surface area contributed by atoms with Gasteiger partial charge in [0.15, 0.2) is 11.5 Å². The first-order valence-corrected chi connectivity index (χ1v) is 6.25. The summed E-state index contributed by atoms with van der Waals surface area (Å²) in [7, 11) is 3.26. The molecular formula is C14H23NO3. The SMILES string of the molecule is CCCOc1c(OC)cc(CC(C)N)cc1OC. The van der Waals surface area contributed by atoms with Gasteiger partial charge in [0, 0.05) is 6.04 Å². The maximum absolute atomic E-state index is 5.81. The summed E-state index contributed by atoms with van der Waals surface area (Å²) in [5.41, 5.74) is 6.90.